The van der Waals surface area contributed by atoms with Crippen LogP contribution in [0.15, 0.2) is 22.7 Å². The number of carboxylic acids is 1. The fraction of sp³-hybridized carbons (Fsp3) is 0.385. The maximum Gasteiger partial charge on any atom is 0.331 e. The molecule has 1 unspecified atom stereocenters. The first-order valence-corrected chi connectivity index (χ1v) is 6.69. The largest absolute Gasteiger partial charge is 0.481 e. The molecule has 0 saturated heterocycles. The number of rotatable bonds is 7. The Labute approximate surface area is 129 Å². The molecule has 116 valence electrons. The summed E-state index contributed by atoms with van der Waals surface area (Å²) < 4.78 is 23.8. The Morgan fingerprint density at radius 3 is 2.67 bits per heavy atom. The zero-order valence-electron chi connectivity index (χ0n) is 11.5. The van der Waals surface area contributed by atoms with Crippen LogP contribution in [-0.4, -0.2) is 42.8 Å². The number of carbonyl (C=O) groups excluding carboxylic acids is 1. The predicted octanol–water partition coefficient (Wildman–Crippen LogP) is 1.57. The van der Waals surface area contributed by atoms with Crippen molar-refractivity contribution in [1.29, 1.82) is 0 Å². The highest BCUT2D eigenvalue weighted by atomic mass is 79.9. The van der Waals surface area contributed by atoms with Crippen molar-refractivity contribution in [3.05, 3.63) is 28.5 Å². The summed E-state index contributed by atoms with van der Waals surface area (Å²) in [5.41, 5.74) is -1.58. The average Bonchev–Trinajstić information content (AvgIpc) is 2.37. The minimum Gasteiger partial charge on any atom is -0.481 e. The van der Waals surface area contributed by atoms with Gasteiger partial charge in [-0.2, -0.15) is 0 Å². The van der Waals surface area contributed by atoms with Gasteiger partial charge in [0.25, 0.3) is 5.91 Å². The van der Waals surface area contributed by atoms with Gasteiger partial charge in [-0.15, -0.1) is 0 Å². The summed E-state index contributed by atoms with van der Waals surface area (Å²) in [5.74, 6) is -2.67. The van der Waals surface area contributed by atoms with Crippen molar-refractivity contribution in [2.24, 2.45) is 0 Å². The highest BCUT2D eigenvalue weighted by Crippen LogP contribution is 2.21. The molecule has 0 bridgehead atoms. The summed E-state index contributed by atoms with van der Waals surface area (Å²) in [6.45, 7) is 0.586. The molecule has 1 rings (SSSR count). The molecule has 2 N–H and O–H groups in total. The number of carbonyl (C=O) groups is 2. The van der Waals surface area contributed by atoms with E-state index in [1.165, 1.54) is 26.2 Å². The van der Waals surface area contributed by atoms with E-state index in [0.29, 0.717) is 4.47 Å². The molecule has 0 aliphatic carbocycles. The van der Waals surface area contributed by atoms with Crippen LogP contribution < -0.4 is 10.1 Å². The molecule has 0 fully saturated rings. The van der Waals surface area contributed by atoms with E-state index in [2.05, 4.69) is 21.2 Å². The molecule has 0 radical (unpaired) electrons. The van der Waals surface area contributed by atoms with Crippen LogP contribution in [0.25, 0.3) is 0 Å². The summed E-state index contributed by atoms with van der Waals surface area (Å²) in [6, 6.07) is 4.11. The van der Waals surface area contributed by atoms with E-state index in [0.717, 1.165) is 0 Å². The average molecular weight is 364 g/mol. The summed E-state index contributed by atoms with van der Waals surface area (Å²) in [5, 5.41) is 11.3. The van der Waals surface area contributed by atoms with Crippen molar-refractivity contribution in [1.82, 2.24) is 5.32 Å². The van der Waals surface area contributed by atoms with Gasteiger partial charge >= 0.3 is 5.97 Å². The van der Waals surface area contributed by atoms with E-state index in [1.807, 2.05) is 0 Å². The Morgan fingerprint density at radius 2 is 2.14 bits per heavy atom. The molecule has 0 saturated carbocycles. The molecule has 21 heavy (non-hydrogen) atoms. The molecule has 1 aromatic rings. The molecule has 1 atom stereocenters. The molecule has 0 heterocycles. The number of halogens is 2. The fourth-order valence-electron chi connectivity index (χ4n) is 1.52. The molecular weight excluding hydrogens is 349 g/mol. The normalized spacial score (nSPS) is 13.3. The third-order valence-corrected chi connectivity index (χ3v) is 3.07. The highest BCUT2D eigenvalue weighted by Gasteiger charge is 2.35. The van der Waals surface area contributed by atoms with Crippen LogP contribution in [0.1, 0.15) is 6.92 Å². The second-order valence-corrected chi connectivity index (χ2v) is 5.40. The highest BCUT2D eigenvalue weighted by molar-refractivity contribution is 9.10. The molecule has 0 aliphatic heterocycles. The maximum atomic E-state index is 13.5. The Hall–Kier alpha value is -1.67. The van der Waals surface area contributed by atoms with Crippen LogP contribution in [0, 0.1) is 5.82 Å². The first kappa shape index (κ1) is 17.4. The fourth-order valence-corrected chi connectivity index (χ4v) is 1.85. The topological polar surface area (TPSA) is 84.9 Å². The van der Waals surface area contributed by atoms with Gasteiger partial charge in [0.1, 0.15) is 0 Å². The number of benzene rings is 1. The lowest BCUT2D eigenvalue weighted by atomic mass is 10.0. The van der Waals surface area contributed by atoms with Crippen LogP contribution in [-0.2, 0) is 14.3 Å². The molecule has 1 aromatic carbocycles. The molecule has 0 spiro atoms. The summed E-state index contributed by atoms with van der Waals surface area (Å²) in [4.78, 5) is 22.8. The third kappa shape index (κ3) is 4.98. The van der Waals surface area contributed by atoms with Crippen LogP contribution in [0.3, 0.4) is 0 Å². The van der Waals surface area contributed by atoms with Gasteiger partial charge in [0, 0.05) is 11.6 Å². The lowest BCUT2D eigenvalue weighted by Gasteiger charge is -2.25. The first-order chi connectivity index (χ1) is 9.78. The van der Waals surface area contributed by atoms with Gasteiger partial charge in [0.2, 0.25) is 0 Å². The van der Waals surface area contributed by atoms with Gasteiger partial charge in [-0.1, -0.05) is 15.9 Å². The van der Waals surface area contributed by atoms with E-state index < -0.39 is 29.8 Å². The Kier molecular flexibility index (Phi) is 6.10. The molecular formula is C13H15BrFNO5. The lowest BCUT2D eigenvalue weighted by molar-refractivity contribution is -0.149. The van der Waals surface area contributed by atoms with Gasteiger partial charge in [0.15, 0.2) is 23.7 Å². The molecule has 8 heteroatoms. The SMILES string of the molecule is COCC(C)(NC(=O)COc1ccc(Br)cc1F)C(=O)O. The number of amides is 1. The van der Waals surface area contributed by atoms with Crippen molar-refractivity contribution in [2.45, 2.75) is 12.5 Å². The van der Waals surface area contributed by atoms with Gasteiger partial charge < -0.3 is 19.9 Å². The van der Waals surface area contributed by atoms with Crippen LogP contribution in [0.2, 0.25) is 0 Å². The van der Waals surface area contributed by atoms with E-state index in [-0.39, 0.29) is 12.4 Å². The smallest absolute Gasteiger partial charge is 0.331 e. The maximum absolute atomic E-state index is 13.5. The quantitative estimate of drug-likeness (QED) is 0.767. The van der Waals surface area contributed by atoms with Crippen molar-refractivity contribution >= 4 is 27.8 Å². The van der Waals surface area contributed by atoms with Crippen molar-refractivity contribution < 1.29 is 28.6 Å². The van der Waals surface area contributed by atoms with Crippen molar-refractivity contribution in [3.8, 4) is 5.75 Å². The predicted molar refractivity (Wildman–Crippen MR) is 75.7 cm³/mol. The van der Waals surface area contributed by atoms with E-state index in [9.17, 15) is 14.0 Å². The number of hydrogen-bond donors (Lipinski definition) is 2. The third-order valence-electron chi connectivity index (χ3n) is 2.57. The molecule has 6 nitrogen and oxygen atoms in total. The van der Waals surface area contributed by atoms with Gasteiger partial charge in [-0.25, -0.2) is 9.18 Å². The Balaban J connectivity index is 2.63. The zero-order chi connectivity index (χ0) is 16.0. The summed E-state index contributed by atoms with van der Waals surface area (Å²) in [7, 11) is 1.32. The van der Waals surface area contributed by atoms with Crippen LogP contribution in [0.5, 0.6) is 5.75 Å². The van der Waals surface area contributed by atoms with Gasteiger partial charge in [-0.3, -0.25) is 4.79 Å². The second kappa shape index (κ2) is 7.37. The first-order valence-electron chi connectivity index (χ1n) is 5.89. The van der Waals surface area contributed by atoms with Gasteiger partial charge in [-0.05, 0) is 25.1 Å². The second-order valence-electron chi connectivity index (χ2n) is 4.48. The Morgan fingerprint density at radius 1 is 1.48 bits per heavy atom. The Bertz CT molecular complexity index is 539. The monoisotopic (exact) mass is 363 g/mol. The van der Waals surface area contributed by atoms with Crippen molar-refractivity contribution in [3.63, 3.8) is 0 Å². The van der Waals surface area contributed by atoms with Crippen LogP contribution in [0.4, 0.5) is 4.39 Å². The molecule has 0 aromatic heterocycles. The molecule has 1 amide bonds. The summed E-state index contributed by atoms with van der Waals surface area (Å²) >= 11 is 3.10. The summed E-state index contributed by atoms with van der Waals surface area (Å²) in [6.07, 6.45) is 0. The lowest BCUT2D eigenvalue weighted by Crippen LogP contribution is -2.56. The number of hydrogen-bond acceptors (Lipinski definition) is 4. The minimum atomic E-state index is -1.58. The standard InChI is InChI=1S/C13H15BrFNO5/c1-13(7-20-2,12(18)19)16-11(17)6-21-10-4-3-8(14)5-9(10)15/h3-5H,6-7H2,1-2H3,(H,16,17)(H,18,19). The number of carboxylic acid groups (broad SMARTS) is 1. The van der Waals surface area contributed by atoms with Crippen molar-refractivity contribution in [2.75, 3.05) is 20.3 Å². The van der Waals surface area contributed by atoms with E-state index >= 15 is 0 Å². The number of ether oxygens (including phenoxy) is 2. The number of methoxy groups -OCH3 is 1. The van der Waals surface area contributed by atoms with Crippen LogP contribution >= 0.6 is 15.9 Å². The number of aliphatic carboxylic acids is 1. The van der Waals surface area contributed by atoms with Gasteiger partial charge in [0.05, 0.1) is 6.61 Å². The van der Waals surface area contributed by atoms with E-state index in [4.69, 9.17) is 14.6 Å². The van der Waals surface area contributed by atoms with E-state index in [1.54, 1.807) is 6.07 Å². The zero-order valence-corrected chi connectivity index (χ0v) is 13.1. The molecule has 0 aliphatic rings. The number of nitrogens with one attached hydrogen (secondary N) is 1. The minimum absolute atomic E-state index is 0.0999.